The lowest BCUT2D eigenvalue weighted by Crippen LogP contribution is -2.44. The summed E-state index contributed by atoms with van der Waals surface area (Å²) in [5, 5.41) is 0.763. The number of rotatable bonds is 5. The first-order chi connectivity index (χ1) is 12.6. The van der Waals surface area contributed by atoms with E-state index < -0.39 is 29.7 Å². The van der Waals surface area contributed by atoms with Gasteiger partial charge >= 0.3 is 15.6 Å². The largest absolute Gasteiger partial charge is 0.541 e. The molecule has 10 heteroatoms. The van der Waals surface area contributed by atoms with E-state index in [1.54, 1.807) is 18.2 Å². The molecular weight excluding hydrogens is 413 g/mol. The molecule has 0 bridgehead atoms. The molecule has 0 spiro atoms. The number of hydrogen-bond donors (Lipinski definition) is 0. The normalized spacial score (nSPS) is 13.5. The molecule has 5 nitrogen and oxygen atoms in total. The van der Waals surface area contributed by atoms with Gasteiger partial charge in [-0.15, -0.1) is 0 Å². The molecule has 2 aromatic rings. The van der Waals surface area contributed by atoms with Crippen LogP contribution in [0.15, 0.2) is 30.3 Å². The van der Waals surface area contributed by atoms with Gasteiger partial charge in [0.2, 0.25) is 0 Å². The second kappa shape index (κ2) is 7.14. The monoisotopic (exact) mass is 436 g/mol. The van der Waals surface area contributed by atoms with Gasteiger partial charge in [-0.2, -0.15) is 21.6 Å². The predicted molar refractivity (Wildman–Crippen MR) is 104 cm³/mol. The van der Waals surface area contributed by atoms with Gasteiger partial charge in [0.05, 0.1) is 7.11 Å². The minimum atomic E-state index is -5.84. The summed E-state index contributed by atoms with van der Waals surface area (Å²) in [4.78, 5) is 0. The van der Waals surface area contributed by atoms with Crippen molar-refractivity contribution in [3.8, 4) is 17.2 Å². The minimum Gasteiger partial charge on any atom is -0.541 e. The van der Waals surface area contributed by atoms with Gasteiger partial charge in [0.1, 0.15) is 5.75 Å². The summed E-state index contributed by atoms with van der Waals surface area (Å²) >= 11 is 0. The molecule has 28 heavy (non-hydrogen) atoms. The summed E-state index contributed by atoms with van der Waals surface area (Å²) in [7, 11) is -6.94. The van der Waals surface area contributed by atoms with E-state index in [0.717, 1.165) is 0 Å². The van der Waals surface area contributed by atoms with E-state index in [9.17, 15) is 21.6 Å². The second-order valence-electron chi connectivity index (χ2n) is 7.83. The van der Waals surface area contributed by atoms with E-state index in [1.807, 2.05) is 33.9 Å². The third-order valence-corrected chi connectivity index (χ3v) is 10.1. The zero-order valence-corrected chi connectivity index (χ0v) is 18.3. The Bertz CT molecular complexity index is 979. The Hall–Kier alpha value is -1.94. The fraction of sp³-hybridized carbons (Fsp3) is 0.444. The van der Waals surface area contributed by atoms with Crippen LogP contribution in [0, 0.1) is 0 Å². The van der Waals surface area contributed by atoms with Crippen LogP contribution in [0.4, 0.5) is 13.2 Å². The molecule has 0 heterocycles. The van der Waals surface area contributed by atoms with Crippen molar-refractivity contribution in [2.45, 2.75) is 44.4 Å². The predicted octanol–water partition coefficient (Wildman–Crippen LogP) is 5.46. The topological polar surface area (TPSA) is 61.8 Å². The third-order valence-electron chi connectivity index (χ3n) is 4.79. The molecule has 0 unspecified atom stereocenters. The number of methoxy groups -OCH3 is 1. The summed E-state index contributed by atoms with van der Waals surface area (Å²) in [6, 6.07) is 7.60. The van der Waals surface area contributed by atoms with Gasteiger partial charge in [0.25, 0.3) is 8.32 Å². The molecule has 0 aliphatic carbocycles. The van der Waals surface area contributed by atoms with Gasteiger partial charge in [-0.25, -0.2) is 0 Å². The van der Waals surface area contributed by atoms with E-state index in [2.05, 4.69) is 4.18 Å². The van der Waals surface area contributed by atoms with E-state index in [4.69, 9.17) is 9.16 Å². The van der Waals surface area contributed by atoms with Crippen LogP contribution in [0.1, 0.15) is 20.8 Å². The lowest BCUT2D eigenvalue weighted by molar-refractivity contribution is -0.0500. The maximum Gasteiger partial charge on any atom is 0.534 e. The van der Waals surface area contributed by atoms with E-state index in [1.165, 1.54) is 19.2 Å². The Labute approximate surface area is 163 Å². The fourth-order valence-electron chi connectivity index (χ4n) is 2.12. The molecular formula is C18H23F3O5SSi. The first-order valence-corrected chi connectivity index (χ1v) is 12.7. The standard InChI is InChI=1S/C18H23F3O5SSi/c1-17(2,3)28(5,6)26-16-14-11-13(24-4)9-7-12(14)8-10-15(16)25-27(22,23)18(19,20)21/h7-11H,1-6H3. The summed E-state index contributed by atoms with van der Waals surface area (Å²) in [6.45, 7) is 9.66. The molecule has 0 amide bonds. The first kappa shape index (κ1) is 22.3. The van der Waals surface area contributed by atoms with E-state index in [-0.39, 0.29) is 10.8 Å². The van der Waals surface area contributed by atoms with Crippen molar-refractivity contribution in [2.75, 3.05) is 7.11 Å². The summed E-state index contributed by atoms with van der Waals surface area (Å²) in [6.07, 6.45) is 0. The van der Waals surface area contributed by atoms with Crippen LogP contribution in [-0.4, -0.2) is 29.4 Å². The maximum atomic E-state index is 12.8. The van der Waals surface area contributed by atoms with Crippen molar-refractivity contribution in [3.05, 3.63) is 30.3 Å². The van der Waals surface area contributed by atoms with Crippen LogP contribution in [-0.2, 0) is 10.1 Å². The smallest absolute Gasteiger partial charge is 0.534 e. The Morgan fingerprint density at radius 1 is 1.00 bits per heavy atom. The molecule has 2 aromatic carbocycles. The molecule has 2 rings (SSSR count). The molecule has 0 radical (unpaired) electrons. The summed E-state index contributed by atoms with van der Waals surface area (Å²) in [5.41, 5.74) is -5.55. The first-order valence-electron chi connectivity index (χ1n) is 8.39. The lowest BCUT2D eigenvalue weighted by Gasteiger charge is -2.37. The van der Waals surface area contributed by atoms with Gasteiger partial charge in [-0.1, -0.05) is 32.9 Å². The number of alkyl halides is 3. The molecule has 0 atom stereocenters. The van der Waals surface area contributed by atoms with Crippen molar-refractivity contribution in [3.63, 3.8) is 0 Å². The highest BCUT2D eigenvalue weighted by Crippen LogP contribution is 2.45. The van der Waals surface area contributed by atoms with Crippen LogP contribution < -0.4 is 13.3 Å². The average Bonchev–Trinajstić information content (AvgIpc) is 2.54. The zero-order valence-electron chi connectivity index (χ0n) is 16.5. The number of ether oxygens (including phenoxy) is 1. The van der Waals surface area contributed by atoms with Gasteiger partial charge in [0.15, 0.2) is 11.5 Å². The molecule has 0 fully saturated rings. The number of benzene rings is 2. The SMILES string of the molecule is COc1ccc2ccc(OS(=O)(=O)C(F)(F)F)c(O[Si](C)(C)C(C)(C)C)c2c1. The van der Waals surface area contributed by atoms with Gasteiger partial charge in [-0.3, -0.25) is 0 Å². The summed E-state index contributed by atoms with van der Waals surface area (Å²) < 4.78 is 77.5. The Kier molecular flexibility index (Phi) is 5.70. The Balaban J connectivity index is 2.73. The number of fused-ring (bicyclic) bond motifs is 1. The van der Waals surface area contributed by atoms with Crippen LogP contribution in [0.3, 0.4) is 0 Å². The van der Waals surface area contributed by atoms with E-state index >= 15 is 0 Å². The quantitative estimate of drug-likeness (QED) is 0.354. The average molecular weight is 437 g/mol. The number of hydrogen-bond acceptors (Lipinski definition) is 5. The van der Waals surface area contributed by atoms with Crippen molar-refractivity contribution in [1.82, 2.24) is 0 Å². The van der Waals surface area contributed by atoms with Crippen molar-refractivity contribution in [2.24, 2.45) is 0 Å². The molecule has 0 aliphatic rings. The molecule has 0 saturated heterocycles. The van der Waals surface area contributed by atoms with Crippen LogP contribution in [0.5, 0.6) is 17.2 Å². The fourth-order valence-corrected chi connectivity index (χ4v) is 3.61. The Morgan fingerprint density at radius 3 is 2.07 bits per heavy atom. The van der Waals surface area contributed by atoms with Gasteiger partial charge < -0.3 is 13.3 Å². The summed E-state index contributed by atoms with van der Waals surface area (Å²) in [5.74, 6) is -0.109. The van der Waals surface area contributed by atoms with Crippen molar-refractivity contribution < 1.29 is 34.9 Å². The third kappa shape index (κ3) is 4.38. The Morgan fingerprint density at radius 2 is 1.57 bits per heavy atom. The minimum absolute atomic E-state index is 0.0455. The molecule has 0 saturated carbocycles. The van der Waals surface area contributed by atoms with Crippen LogP contribution in [0.25, 0.3) is 10.8 Å². The lowest BCUT2D eigenvalue weighted by atomic mass is 10.1. The highest BCUT2D eigenvalue weighted by atomic mass is 32.2. The van der Waals surface area contributed by atoms with Crippen LogP contribution >= 0.6 is 0 Å². The maximum absolute atomic E-state index is 12.8. The van der Waals surface area contributed by atoms with E-state index in [0.29, 0.717) is 16.5 Å². The van der Waals surface area contributed by atoms with Crippen LogP contribution in [0.2, 0.25) is 18.1 Å². The molecule has 0 aliphatic heterocycles. The number of halogens is 3. The van der Waals surface area contributed by atoms with Gasteiger partial charge in [-0.05, 0) is 41.7 Å². The molecule has 0 N–H and O–H groups in total. The molecule has 0 aromatic heterocycles. The second-order valence-corrected chi connectivity index (χ2v) is 14.1. The highest BCUT2D eigenvalue weighted by Gasteiger charge is 2.49. The van der Waals surface area contributed by atoms with Crippen molar-refractivity contribution >= 4 is 29.2 Å². The van der Waals surface area contributed by atoms with Gasteiger partial charge in [0, 0.05) is 5.39 Å². The van der Waals surface area contributed by atoms with Crippen molar-refractivity contribution in [1.29, 1.82) is 0 Å². The highest BCUT2D eigenvalue weighted by molar-refractivity contribution is 7.88. The molecule has 156 valence electrons. The zero-order chi connectivity index (χ0) is 21.5.